The van der Waals surface area contributed by atoms with Crippen LogP contribution in [0.3, 0.4) is 0 Å². The number of halogens is 2. The van der Waals surface area contributed by atoms with E-state index in [1.807, 2.05) is 48.1 Å². The minimum Gasteiger partial charge on any atom is -0.332 e. The molecule has 3 rings (SSSR count). The lowest BCUT2D eigenvalue weighted by Crippen LogP contribution is -2.18. The van der Waals surface area contributed by atoms with Crippen molar-refractivity contribution >= 4 is 56.2 Å². The first-order valence-corrected chi connectivity index (χ1v) is 9.18. The fourth-order valence-corrected chi connectivity index (χ4v) is 2.94. The van der Waals surface area contributed by atoms with Gasteiger partial charge in [-0.3, -0.25) is 4.68 Å². The number of thiocarbonyl (C=S) groups is 1. The van der Waals surface area contributed by atoms with E-state index in [1.165, 1.54) is 5.56 Å². The lowest BCUT2D eigenvalue weighted by atomic mass is 10.2. The maximum atomic E-state index is 6.13. The molecule has 0 amide bonds. The maximum Gasteiger partial charge on any atom is 0.175 e. The topological polar surface area (TPSA) is 41.9 Å². The van der Waals surface area contributed by atoms with E-state index in [4.69, 9.17) is 23.8 Å². The molecule has 0 aliphatic carbocycles. The van der Waals surface area contributed by atoms with Crippen LogP contribution >= 0.6 is 39.7 Å². The molecule has 0 bridgehead atoms. The number of aromatic nitrogens is 2. The van der Waals surface area contributed by atoms with Gasteiger partial charge in [-0.2, -0.15) is 5.10 Å². The largest absolute Gasteiger partial charge is 0.332 e. The molecule has 2 N–H and O–H groups in total. The molecule has 0 aliphatic heterocycles. The van der Waals surface area contributed by atoms with E-state index in [0.717, 1.165) is 21.4 Å². The van der Waals surface area contributed by atoms with E-state index < -0.39 is 0 Å². The van der Waals surface area contributed by atoms with Crippen LogP contribution in [-0.2, 0) is 6.54 Å². The zero-order valence-electron chi connectivity index (χ0n) is 13.5. The maximum absolute atomic E-state index is 6.13. The fraction of sp³-hybridized carbons (Fsp3) is 0.111. The van der Waals surface area contributed by atoms with E-state index >= 15 is 0 Å². The van der Waals surface area contributed by atoms with Gasteiger partial charge in [-0.15, -0.1) is 0 Å². The highest BCUT2D eigenvalue weighted by molar-refractivity contribution is 9.10. The van der Waals surface area contributed by atoms with Crippen molar-refractivity contribution in [1.29, 1.82) is 0 Å². The van der Waals surface area contributed by atoms with Gasteiger partial charge in [0.2, 0.25) is 0 Å². The zero-order valence-corrected chi connectivity index (χ0v) is 16.6. The minimum absolute atomic E-state index is 0.489. The fourth-order valence-electron chi connectivity index (χ4n) is 2.26. The van der Waals surface area contributed by atoms with Gasteiger partial charge in [-0.05, 0) is 54.5 Å². The molecule has 0 saturated heterocycles. The molecule has 7 heteroatoms. The monoisotopic (exact) mass is 434 g/mol. The van der Waals surface area contributed by atoms with Gasteiger partial charge in [0.25, 0.3) is 0 Å². The third-order valence-corrected chi connectivity index (χ3v) is 4.72. The summed E-state index contributed by atoms with van der Waals surface area (Å²) in [6.45, 7) is 2.66. The molecule has 1 heterocycles. The molecule has 0 aliphatic rings. The van der Waals surface area contributed by atoms with Crippen LogP contribution in [0.4, 0.5) is 11.4 Å². The number of nitrogens with one attached hydrogen (secondary N) is 2. The highest BCUT2D eigenvalue weighted by atomic mass is 79.9. The zero-order chi connectivity index (χ0) is 17.8. The number of nitrogens with zero attached hydrogens (tertiary/aromatic N) is 2. The first-order valence-electron chi connectivity index (χ1n) is 7.61. The van der Waals surface area contributed by atoms with Crippen molar-refractivity contribution < 1.29 is 0 Å². The summed E-state index contributed by atoms with van der Waals surface area (Å²) < 4.78 is 2.92. The van der Waals surface area contributed by atoms with Crippen molar-refractivity contribution in [2.75, 3.05) is 10.6 Å². The van der Waals surface area contributed by atoms with Gasteiger partial charge in [-0.1, -0.05) is 45.7 Å². The molecule has 25 heavy (non-hydrogen) atoms. The summed E-state index contributed by atoms with van der Waals surface area (Å²) in [4.78, 5) is 0. The van der Waals surface area contributed by atoms with Gasteiger partial charge < -0.3 is 10.6 Å². The molecule has 3 aromatic rings. The molecule has 0 spiro atoms. The molecule has 0 fully saturated rings. The SMILES string of the molecule is Cc1ccc(NC(=S)Nc2cnn(Cc3ccc(Br)cc3)c2)cc1Cl. The lowest BCUT2D eigenvalue weighted by Gasteiger charge is -2.10. The van der Waals surface area contributed by atoms with Gasteiger partial charge in [0, 0.05) is 21.4 Å². The summed E-state index contributed by atoms with van der Waals surface area (Å²) >= 11 is 14.9. The molecule has 1 aromatic heterocycles. The summed E-state index contributed by atoms with van der Waals surface area (Å²) in [6, 6.07) is 13.9. The molecule has 0 unspecified atom stereocenters. The highest BCUT2D eigenvalue weighted by Gasteiger charge is 2.04. The van der Waals surface area contributed by atoms with E-state index in [1.54, 1.807) is 6.20 Å². The lowest BCUT2D eigenvalue weighted by molar-refractivity contribution is 0.687. The predicted molar refractivity (Wildman–Crippen MR) is 112 cm³/mol. The van der Waals surface area contributed by atoms with E-state index in [9.17, 15) is 0 Å². The molecule has 128 valence electrons. The summed E-state index contributed by atoms with van der Waals surface area (Å²) in [5.41, 5.74) is 3.87. The van der Waals surface area contributed by atoms with Crippen LogP contribution in [0.25, 0.3) is 0 Å². The molecule has 0 atom stereocenters. The Bertz CT molecular complexity index is 892. The second kappa shape index (κ2) is 7.99. The first-order chi connectivity index (χ1) is 12.0. The van der Waals surface area contributed by atoms with Crippen LogP contribution in [0.15, 0.2) is 59.3 Å². The molecule has 2 aromatic carbocycles. The highest BCUT2D eigenvalue weighted by Crippen LogP contribution is 2.20. The molecule has 0 saturated carbocycles. The molecule has 4 nitrogen and oxygen atoms in total. The number of aryl methyl sites for hydroxylation is 1. The predicted octanol–water partition coefficient (Wildman–Crippen LogP) is 5.46. The normalized spacial score (nSPS) is 10.5. The average molecular weight is 436 g/mol. The van der Waals surface area contributed by atoms with Crippen LogP contribution in [0.1, 0.15) is 11.1 Å². The third-order valence-electron chi connectivity index (χ3n) is 3.58. The number of rotatable bonds is 4. The Morgan fingerprint density at radius 2 is 1.88 bits per heavy atom. The summed E-state index contributed by atoms with van der Waals surface area (Å²) in [6.07, 6.45) is 3.66. The van der Waals surface area contributed by atoms with Crippen LogP contribution in [0.5, 0.6) is 0 Å². The molecule has 0 radical (unpaired) electrons. The number of benzene rings is 2. The van der Waals surface area contributed by atoms with Crippen LogP contribution in [0, 0.1) is 6.92 Å². The van der Waals surface area contributed by atoms with Gasteiger partial charge in [0.05, 0.1) is 18.4 Å². The Morgan fingerprint density at radius 1 is 1.16 bits per heavy atom. The Morgan fingerprint density at radius 3 is 2.60 bits per heavy atom. The minimum atomic E-state index is 0.489. The van der Waals surface area contributed by atoms with Crippen molar-refractivity contribution in [3.05, 3.63) is 75.5 Å². The molecular weight excluding hydrogens is 420 g/mol. The van der Waals surface area contributed by atoms with Crippen molar-refractivity contribution in [1.82, 2.24) is 9.78 Å². The van der Waals surface area contributed by atoms with Crippen molar-refractivity contribution in [3.63, 3.8) is 0 Å². The summed E-state index contributed by atoms with van der Waals surface area (Å²) in [5, 5.41) is 11.8. The Balaban J connectivity index is 1.59. The smallest absolute Gasteiger partial charge is 0.175 e. The van der Waals surface area contributed by atoms with E-state index in [0.29, 0.717) is 16.7 Å². The second-order valence-electron chi connectivity index (χ2n) is 5.60. The third kappa shape index (κ3) is 5.04. The number of anilines is 2. The van der Waals surface area contributed by atoms with E-state index in [-0.39, 0.29) is 0 Å². The van der Waals surface area contributed by atoms with Gasteiger partial charge >= 0.3 is 0 Å². The number of hydrogen-bond donors (Lipinski definition) is 2. The Kier molecular flexibility index (Phi) is 5.73. The van der Waals surface area contributed by atoms with Gasteiger partial charge in [0.15, 0.2) is 5.11 Å². The van der Waals surface area contributed by atoms with Crippen LogP contribution in [-0.4, -0.2) is 14.9 Å². The van der Waals surface area contributed by atoms with Gasteiger partial charge in [-0.25, -0.2) is 0 Å². The first kappa shape index (κ1) is 17.9. The quantitative estimate of drug-likeness (QED) is 0.534. The summed E-state index contributed by atoms with van der Waals surface area (Å²) in [7, 11) is 0. The van der Waals surface area contributed by atoms with Crippen molar-refractivity contribution in [3.8, 4) is 0 Å². The Hall–Kier alpha value is -1.89. The molecular formula is C18H16BrClN4S. The van der Waals surface area contributed by atoms with Gasteiger partial charge in [0.1, 0.15) is 0 Å². The van der Waals surface area contributed by atoms with Crippen molar-refractivity contribution in [2.24, 2.45) is 0 Å². The van der Waals surface area contributed by atoms with E-state index in [2.05, 4.69) is 43.8 Å². The second-order valence-corrected chi connectivity index (χ2v) is 7.33. The standard InChI is InChI=1S/C18H16BrClN4S/c1-12-2-7-15(8-17(12)20)22-18(25)23-16-9-21-24(11-16)10-13-3-5-14(19)6-4-13/h2-9,11H,10H2,1H3,(H2,22,23,25). The average Bonchev–Trinajstić information content (AvgIpc) is 3.00. The Labute approximate surface area is 165 Å². The number of hydrogen-bond acceptors (Lipinski definition) is 2. The summed E-state index contributed by atoms with van der Waals surface area (Å²) in [5.74, 6) is 0. The van der Waals surface area contributed by atoms with Crippen molar-refractivity contribution in [2.45, 2.75) is 13.5 Å². The van der Waals surface area contributed by atoms with Crippen LogP contribution in [0.2, 0.25) is 5.02 Å². The van der Waals surface area contributed by atoms with Crippen LogP contribution < -0.4 is 10.6 Å².